The molecule has 0 aliphatic heterocycles. The Bertz CT molecular complexity index is 347. The van der Waals surface area contributed by atoms with Crippen molar-refractivity contribution >= 4 is 22.9 Å². The molecule has 0 saturated carbocycles. The second-order valence-corrected chi connectivity index (χ2v) is 4.49. The third kappa shape index (κ3) is 2.40. The average Bonchev–Trinajstić information content (AvgIpc) is 2.48. The number of thiophene rings is 1. The highest BCUT2D eigenvalue weighted by Gasteiger charge is 2.62. The number of halogens is 6. The van der Waals surface area contributed by atoms with Crippen molar-refractivity contribution < 1.29 is 22.0 Å². The van der Waals surface area contributed by atoms with E-state index in [0.717, 1.165) is 6.07 Å². The van der Waals surface area contributed by atoms with Gasteiger partial charge in [-0.15, -0.1) is 11.3 Å². The minimum atomic E-state index is -5.66. The van der Waals surface area contributed by atoms with Crippen molar-refractivity contribution in [2.75, 3.05) is 0 Å². The van der Waals surface area contributed by atoms with Crippen LogP contribution in [0, 0.1) is 0 Å². The highest BCUT2D eigenvalue weighted by Crippen LogP contribution is 2.44. The number of hydrogen-bond donors (Lipinski definition) is 1. The van der Waals surface area contributed by atoms with E-state index >= 15 is 0 Å². The van der Waals surface area contributed by atoms with E-state index < -0.39 is 18.1 Å². The maximum absolute atomic E-state index is 12.7. The van der Waals surface area contributed by atoms with Gasteiger partial charge in [0.25, 0.3) is 0 Å². The normalized spacial score (nSPS) is 15.4. The molecule has 1 unspecified atom stereocenters. The van der Waals surface area contributed by atoms with Crippen LogP contribution in [0.5, 0.6) is 0 Å². The molecule has 1 rings (SSSR count). The van der Waals surface area contributed by atoms with E-state index in [1.165, 1.54) is 6.07 Å². The Kier molecular flexibility index (Phi) is 3.27. The molecule has 0 amide bonds. The van der Waals surface area contributed by atoms with Gasteiger partial charge in [-0.05, 0) is 12.1 Å². The largest absolute Gasteiger partial charge is 0.455 e. The molecule has 0 bridgehead atoms. The van der Waals surface area contributed by atoms with Gasteiger partial charge in [0.05, 0.1) is 4.34 Å². The molecule has 0 aliphatic rings. The molecule has 0 radical (unpaired) electrons. The topological polar surface area (TPSA) is 26.0 Å². The molecule has 1 aromatic rings. The Morgan fingerprint density at radius 1 is 1.20 bits per heavy atom. The van der Waals surface area contributed by atoms with Crippen molar-refractivity contribution in [1.29, 1.82) is 0 Å². The fourth-order valence-electron chi connectivity index (χ4n) is 0.850. The van der Waals surface area contributed by atoms with E-state index in [9.17, 15) is 22.0 Å². The fraction of sp³-hybridized carbons (Fsp3) is 0.429. The second-order valence-electron chi connectivity index (χ2n) is 2.74. The van der Waals surface area contributed by atoms with Crippen LogP contribution in [0.4, 0.5) is 22.0 Å². The molecule has 0 fully saturated rings. The molecule has 1 nitrogen and oxygen atoms in total. The molecule has 0 saturated heterocycles. The Labute approximate surface area is 90.6 Å². The first-order valence-electron chi connectivity index (χ1n) is 3.61. The molecular formula is C7H5ClF5NS. The van der Waals surface area contributed by atoms with Crippen molar-refractivity contribution in [1.82, 2.24) is 0 Å². The highest BCUT2D eigenvalue weighted by atomic mass is 35.5. The van der Waals surface area contributed by atoms with Crippen LogP contribution in [-0.4, -0.2) is 12.1 Å². The Morgan fingerprint density at radius 2 is 1.73 bits per heavy atom. The summed E-state index contributed by atoms with van der Waals surface area (Å²) in [5.41, 5.74) is 4.85. The lowest BCUT2D eigenvalue weighted by atomic mass is 10.1. The number of alkyl halides is 5. The maximum Gasteiger partial charge on any atom is 0.455 e. The van der Waals surface area contributed by atoms with E-state index in [1.807, 2.05) is 0 Å². The number of hydrogen-bond acceptors (Lipinski definition) is 2. The SMILES string of the molecule is NC(c1ccc(Cl)s1)C(F)(F)C(F)(F)F. The van der Waals surface area contributed by atoms with Gasteiger partial charge >= 0.3 is 12.1 Å². The Hall–Kier alpha value is -0.400. The van der Waals surface area contributed by atoms with Crippen molar-refractivity contribution in [2.45, 2.75) is 18.1 Å². The summed E-state index contributed by atoms with van der Waals surface area (Å²) >= 11 is 6.00. The van der Waals surface area contributed by atoms with E-state index in [-0.39, 0.29) is 9.21 Å². The van der Waals surface area contributed by atoms with Gasteiger partial charge in [-0.25, -0.2) is 0 Å². The fourth-order valence-corrected chi connectivity index (χ4v) is 1.95. The summed E-state index contributed by atoms with van der Waals surface area (Å²) in [5, 5.41) is 0. The van der Waals surface area contributed by atoms with Crippen LogP contribution in [0.3, 0.4) is 0 Å². The summed E-state index contributed by atoms with van der Waals surface area (Å²) in [6.45, 7) is 0. The van der Waals surface area contributed by atoms with Crippen LogP contribution in [-0.2, 0) is 0 Å². The van der Waals surface area contributed by atoms with Gasteiger partial charge in [0.1, 0.15) is 6.04 Å². The molecule has 1 aromatic heterocycles. The van der Waals surface area contributed by atoms with Crippen LogP contribution in [0.2, 0.25) is 4.34 Å². The van der Waals surface area contributed by atoms with Crippen LogP contribution in [0.15, 0.2) is 12.1 Å². The number of nitrogens with two attached hydrogens (primary N) is 1. The Balaban J connectivity index is 2.99. The zero-order valence-electron chi connectivity index (χ0n) is 6.99. The van der Waals surface area contributed by atoms with Crippen LogP contribution in [0.25, 0.3) is 0 Å². The predicted octanol–water partition coefficient (Wildman–Crippen LogP) is 3.60. The maximum atomic E-state index is 12.7. The molecule has 15 heavy (non-hydrogen) atoms. The monoisotopic (exact) mass is 265 g/mol. The lowest BCUT2D eigenvalue weighted by Crippen LogP contribution is -2.45. The van der Waals surface area contributed by atoms with Gasteiger partial charge < -0.3 is 5.73 Å². The third-order valence-corrected chi connectivity index (χ3v) is 2.98. The average molecular weight is 266 g/mol. The summed E-state index contributed by atoms with van der Waals surface area (Å²) in [6, 6.07) is -0.152. The lowest BCUT2D eigenvalue weighted by molar-refractivity contribution is -0.290. The van der Waals surface area contributed by atoms with Crippen molar-refractivity contribution in [2.24, 2.45) is 5.73 Å². The van der Waals surface area contributed by atoms with E-state index in [1.54, 1.807) is 0 Å². The molecule has 0 spiro atoms. The third-order valence-electron chi connectivity index (χ3n) is 1.67. The van der Waals surface area contributed by atoms with Crippen molar-refractivity contribution in [3.05, 3.63) is 21.3 Å². The molecule has 2 N–H and O–H groups in total. The van der Waals surface area contributed by atoms with E-state index in [0.29, 0.717) is 11.3 Å². The summed E-state index contributed by atoms with van der Waals surface area (Å²) in [6.07, 6.45) is -5.66. The summed E-state index contributed by atoms with van der Waals surface area (Å²) < 4.78 is 61.3. The summed E-state index contributed by atoms with van der Waals surface area (Å²) in [5.74, 6) is -4.96. The minimum Gasteiger partial charge on any atom is -0.318 e. The van der Waals surface area contributed by atoms with E-state index in [2.05, 4.69) is 0 Å². The first kappa shape index (κ1) is 12.7. The molecule has 0 aliphatic carbocycles. The van der Waals surface area contributed by atoms with Crippen LogP contribution < -0.4 is 5.73 Å². The van der Waals surface area contributed by atoms with Gasteiger partial charge in [0.2, 0.25) is 0 Å². The zero-order chi connectivity index (χ0) is 11.9. The molecule has 1 atom stereocenters. The molecule has 86 valence electrons. The zero-order valence-corrected chi connectivity index (χ0v) is 8.56. The first-order valence-corrected chi connectivity index (χ1v) is 4.81. The molecular weight excluding hydrogens is 261 g/mol. The molecule has 8 heteroatoms. The van der Waals surface area contributed by atoms with E-state index in [4.69, 9.17) is 17.3 Å². The highest BCUT2D eigenvalue weighted by molar-refractivity contribution is 7.16. The van der Waals surface area contributed by atoms with Crippen molar-refractivity contribution in [3.63, 3.8) is 0 Å². The van der Waals surface area contributed by atoms with Crippen LogP contribution in [0.1, 0.15) is 10.9 Å². The van der Waals surface area contributed by atoms with Gasteiger partial charge in [-0.2, -0.15) is 22.0 Å². The second kappa shape index (κ2) is 3.88. The number of rotatable bonds is 2. The molecule has 0 aromatic carbocycles. The van der Waals surface area contributed by atoms with Gasteiger partial charge in [0, 0.05) is 4.88 Å². The Morgan fingerprint density at radius 3 is 2.07 bits per heavy atom. The summed E-state index contributed by atoms with van der Waals surface area (Å²) in [7, 11) is 0. The van der Waals surface area contributed by atoms with Gasteiger partial charge in [0.15, 0.2) is 0 Å². The van der Waals surface area contributed by atoms with Crippen molar-refractivity contribution in [3.8, 4) is 0 Å². The summed E-state index contributed by atoms with van der Waals surface area (Å²) in [4.78, 5) is -0.303. The standard InChI is InChI=1S/C7H5ClF5NS/c8-4-2-1-3(15-4)5(14)6(9,10)7(11,12)13/h1-2,5H,14H2. The minimum absolute atomic E-state index is 0.110. The van der Waals surface area contributed by atoms with Crippen LogP contribution >= 0.6 is 22.9 Å². The predicted molar refractivity (Wildman–Crippen MR) is 47.3 cm³/mol. The molecule has 1 heterocycles. The quantitative estimate of drug-likeness (QED) is 0.813. The van der Waals surface area contributed by atoms with Gasteiger partial charge in [-0.1, -0.05) is 11.6 Å². The first-order chi connectivity index (χ1) is 6.66. The lowest BCUT2D eigenvalue weighted by Gasteiger charge is -2.24. The van der Waals surface area contributed by atoms with Gasteiger partial charge in [-0.3, -0.25) is 0 Å². The smallest absolute Gasteiger partial charge is 0.318 e.